The molecule has 0 unspecified atom stereocenters. The van der Waals surface area contributed by atoms with E-state index in [2.05, 4.69) is 15.9 Å². The van der Waals surface area contributed by atoms with Gasteiger partial charge >= 0.3 is 0 Å². The molecule has 2 rings (SSSR count). The van der Waals surface area contributed by atoms with Crippen LogP contribution >= 0.6 is 27.3 Å². The molecule has 1 aliphatic rings. The molecule has 0 spiro atoms. The first-order valence-corrected chi connectivity index (χ1v) is 5.70. The highest BCUT2D eigenvalue weighted by Gasteiger charge is 2.30. The minimum atomic E-state index is -0.0314. The molecule has 0 aliphatic heterocycles. The number of nitriles is 2. The number of nitrogens with zero attached hydrogens (tertiary/aromatic N) is 2. The first kappa shape index (κ1) is 10.1. The third-order valence-electron chi connectivity index (χ3n) is 2.16. The fourth-order valence-electron chi connectivity index (χ4n) is 1.51. The zero-order valence-electron chi connectivity index (χ0n) is 7.37. The number of halogens is 1. The standard InChI is InChI=1S/C10H3BrN2OS/c11-7-4-15-10-6(5(2-12)3-13)1-8(14)9(7)10/h4H,1H2. The molecule has 5 heteroatoms. The lowest BCUT2D eigenvalue weighted by molar-refractivity contribution is 0.100. The fourth-order valence-corrected chi connectivity index (χ4v) is 3.34. The van der Waals surface area contributed by atoms with Gasteiger partial charge in [0.1, 0.15) is 17.7 Å². The van der Waals surface area contributed by atoms with Crippen LogP contribution in [-0.4, -0.2) is 5.78 Å². The minimum absolute atomic E-state index is 0.0314. The van der Waals surface area contributed by atoms with Crippen LogP contribution in [0.3, 0.4) is 0 Å². The van der Waals surface area contributed by atoms with Crippen LogP contribution in [0.5, 0.6) is 0 Å². The van der Waals surface area contributed by atoms with Crippen molar-refractivity contribution in [3.8, 4) is 12.1 Å². The Balaban J connectivity index is 2.72. The predicted octanol–water partition coefficient (Wildman–Crippen LogP) is 2.90. The highest BCUT2D eigenvalue weighted by atomic mass is 79.9. The molecule has 0 N–H and O–H groups in total. The fraction of sp³-hybridized carbons (Fsp3) is 0.100. The van der Waals surface area contributed by atoms with Crippen molar-refractivity contribution in [1.82, 2.24) is 0 Å². The maximum Gasteiger partial charge on any atom is 0.169 e. The van der Waals surface area contributed by atoms with Gasteiger partial charge in [-0.1, -0.05) is 0 Å². The topological polar surface area (TPSA) is 64.7 Å². The summed E-state index contributed by atoms with van der Waals surface area (Å²) in [6.07, 6.45) is 0.164. The van der Waals surface area contributed by atoms with Gasteiger partial charge in [-0.2, -0.15) is 10.5 Å². The molecular formula is C10H3BrN2OS. The van der Waals surface area contributed by atoms with Crippen molar-refractivity contribution >= 4 is 38.6 Å². The molecule has 1 aromatic heterocycles. The molecule has 0 atom stereocenters. The average Bonchev–Trinajstić information content (AvgIpc) is 2.73. The zero-order chi connectivity index (χ0) is 11.0. The van der Waals surface area contributed by atoms with E-state index in [1.54, 1.807) is 5.38 Å². The number of thiophene rings is 1. The first-order chi connectivity index (χ1) is 7.19. The van der Waals surface area contributed by atoms with Crippen LogP contribution in [0, 0.1) is 22.7 Å². The van der Waals surface area contributed by atoms with E-state index in [9.17, 15) is 4.79 Å². The smallest absolute Gasteiger partial charge is 0.169 e. The van der Waals surface area contributed by atoms with Crippen LogP contribution < -0.4 is 0 Å². The number of Topliss-reactive ketones (excluding diaryl/α,β-unsaturated/α-hetero) is 1. The van der Waals surface area contributed by atoms with Gasteiger partial charge in [0.25, 0.3) is 0 Å². The largest absolute Gasteiger partial charge is 0.294 e. The van der Waals surface area contributed by atoms with Gasteiger partial charge in [0.15, 0.2) is 5.78 Å². The van der Waals surface area contributed by atoms with Gasteiger partial charge in [-0.3, -0.25) is 4.79 Å². The second-order valence-corrected chi connectivity index (χ2v) is 4.70. The van der Waals surface area contributed by atoms with Crippen molar-refractivity contribution < 1.29 is 4.79 Å². The third-order valence-corrected chi connectivity index (χ3v) is 4.13. The number of carbonyl (C=O) groups is 1. The Morgan fingerprint density at radius 2 is 2.13 bits per heavy atom. The van der Waals surface area contributed by atoms with Crippen molar-refractivity contribution in [1.29, 1.82) is 10.5 Å². The number of fused-ring (bicyclic) bond motifs is 1. The summed E-state index contributed by atoms with van der Waals surface area (Å²) in [5.74, 6) is -0.0314. The molecular weight excluding hydrogens is 276 g/mol. The first-order valence-electron chi connectivity index (χ1n) is 4.03. The van der Waals surface area contributed by atoms with E-state index in [0.717, 1.165) is 9.35 Å². The summed E-state index contributed by atoms with van der Waals surface area (Å²) in [7, 11) is 0. The Kier molecular flexibility index (Phi) is 2.44. The molecule has 1 heterocycles. The predicted molar refractivity (Wildman–Crippen MR) is 59.1 cm³/mol. The van der Waals surface area contributed by atoms with E-state index in [1.807, 2.05) is 12.1 Å². The van der Waals surface area contributed by atoms with Crippen LogP contribution in [0.25, 0.3) is 5.57 Å². The molecule has 0 bridgehead atoms. The van der Waals surface area contributed by atoms with Crippen molar-refractivity contribution in [2.75, 3.05) is 0 Å². The summed E-state index contributed by atoms with van der Waals surface area (Å²) in [4.78, 5) is 12.4. The van der Waals surface area contributed by atoms with E-state index in [-0.39, 0.29) is 17.8 Å². The van der Waals surface area contributed by atoms with E-state index in [1.165, 1.54) is 11.3 Å². The molecule has 1 aromatic rings. The lowest BCUT2D eigenvalue weighted by atomic mass is 10.1. The zero-order valence-corrected chi connectivity index (χ0v) is 9.78. The summed E-state index contributed by atoms with van der Waals surface area (Å²) in [6, 6.07) is 3.64. The van der Waals surface area contributed by atoms with Gasteiger partial charge in [0, 0.05) is 26.7 Å². The monoisotopic (exact) mass is 278 g/mol. The molecule has 0 amide bonds. The second kappa shape index (κ2) is 3.62. The quantitative estimate of drug-likeness (QED) is 0.686. The molecule has 0 fully saturated rings. The van der Waals surface area contributed by atoms with Crippen LogP contribution in [0.1, 0.15) is 21.7 Å². The van der Waals surface area contributed by atoms with Crippen molar-refractivity contribution in [3.05, 3.63) is 25.9 Å². The number of rotatable bonds is 0. The normalized spacial score (nSPS) is 13.3. The summed E-state index contributed by atoms with van der Waals surface area (Å²) >= 11 is 4.66. The molecule has 72 valence electrons. The number of carbonyl (C=O) groups excluding carboxylic acids is 1. The number of hydrogen-bond acceptors (Lipinski definition) is 4. The van der Waals surface area contributed by atoms with E-state index < -0.39 is 0 Å². The molecule has 0 radical (unpaired) electrons. The Labute approximate surface area is 98.4 Å². The van der Waals surface area contributed by atoms with E-state index >= 15 is 0 Å². The molecule has 15 heavy (non-hydrogen) atoms. The van der Waals surface area contributed by atoms with Gasteiger partial charge in [0.2, 0.25) is 0 Å². The van der Waals surface area contributed by atoms with Crippen LogP contribution in [0.15, 0.2) is 15.4 Å². The summed E-state index contributed by atoms with van der Waals surface area (Å²) < 4.78 is 0.748. The Hall–Kier alpha value is -1.43. The summed E-state index contributed by atoms with van der Waals surface area (Å²) in [5.41, 5.74) is 1.21. The molecule has 0 saturated heterocycles. The SMILES string of the molecule is N#CC(C#N)=C1CC(=O)c2c(Br)csc21. The van der Waals surface area contributed by atoms with Gasteiger partial charge in [0.05, 0.1) is 5.56 Å². The van der Waals surface area contributed by atoms with Crippen LogP contribution in [-0.2, 0) is 0 Å². The van der Waals surface area contributed by atoms with E-state index in [4.69, 9.17) is 10.5 Å². The molecule has 3 nitrogen and oxygen atoms in total. The number of allylic oxidation sites excluding steroid dienone is 2. The third kappa shape index (κ3) is 1.41. The minimum Gasteiger partial charge on any atom is -0.294 e. The maximum atomic E-state index is 11.6. The van der Waals surface area contributed by atoms with Gasteiger partial charge in [-0.25, -0.2) is 0 Å². The lowest BCUT2D eigenvalue weighted by Crippen LogP contribution is -1.89. The average molecular weight is 279 g/mol. The Morgan fingerprint density at radius 1 is 1.47 bits per heavy atom. The summed E-state index contributed by atoms with van der Waals surface area (Å²) in [6.45, 7) is 0. The maximum absolute atomic E-state index is 11.6. The summed E-state index contributed by atoms with van der Waals surface area (Å²) in [5, 5.41) is 19.3. The van der Waals surface area contributed by atoms with Crippen molar-refractivity contribution in [2.24, 2.45) is 0 Å². The van der Waals surface area contributed by atoms with Crippen molar-refractivity contribution in [2.45, 2.75) is 6.42 Å². The Morgan fingerprint density at radius 3 is 2.73 bits per heavy atom. The van der Waals surface area contributed by atoms with Gasteiger partial charge in [-0.05, 0) is 15.9 Å². The number of ketones is 1. The van der Waals surface area contributed by atoms with Gasteiger partial charge < -0.3 is 0 Å². The van der Waals surface area contributed by atoms with Crippen molar-refractivity contribution in [3.63, 3.8) is 0 Å². The van der Waals surface area contributed by atoms with E-state index in [0.29, 0.717) is 11.1 Å². The molecule has 1 aliphatic carbocycles. The Bertz CT molecular complexity index is 555. The van der Waals surface area contributed by atoms with Crippen LogP contribution in [0.4, 0.5) is 0 Å². The molecule has 0 aromatic carbocycles. The van der Waals surface area contributed by atoms with Crippen LogP contribution in [0.2, 0.25) is 0 Å². The highest BCUT2D eigenvalue weighted by Crippen LogP contribution is 2.42. The highest BCUT2D eigenvalue weighted by molar-refractivity contribution is 9.10. The molecule has 0 saturated carbocycles. The number of hydrogen-bond donors (Lipinski definition) is 0. The second-order valence-electron chi connectivity index (χ2n) is 2.96. The van der Waals surface area contributed by atoms with Gasteiger partial charge in [-0.15, -0.1) is 11.3 Å². The lowest BCUT2D eigenvalue weighted by Gasteiger charge is -1.92.